The molecule has 1 aromatic rings. The van der Waals surface area contributed by atoms with Crippen LogP contribution >= 0.6 is 23.2 Å². The van der Waals surface area contributed by atoms with Gasteiger partial charge in [-0.05, 0) is 42.5 Å². The Bertz CT molecular complexity index is 801. The maximum Gasteiger partial charge on any atom is 0.331 e. The van der Waals surface area contributed by atoms with E-state index in [-0.39, 0.29) is 29.8 Å². The number of benzene rings is 1. The fourth-order valence-electron chi connectivity index (χ4n) is 4.71. The molecule has 3 aliphatic carbocycles. The molecule has 0 amide bonds. The zero-order chi connectivity index (χ0) is 17.8. The highest BCUT2D eigenvalue weighted by molar-refractivity contribution is 6.43. The van der Waals surface area contributed by atoms with Crippen LogP contribution in [0.25, 0.3) is 5.57 Å². The molecule has 3 atom stereocenters. The summed E-state index contributed by atoms with van der Waals surface area (Å²) in [5, 5.41) is 0.904. The summed E-state index contributed by atoms with van der Waals surface area (Å²) in [4.78, 5) is 24.1. The number of hydrogen-bond donors (Lipinski definition) is 0. The highest BCUT2D eigenvalue weighted by Gasteiger charge is 2.56. The summed E-state index contributed by atoms with van der Waals surface area (Å²) in [7, 11) is 1.34. The summed E-state index contributed by atoms with van der Waals surface area (Å²) in [6.07, 6.45) is 4.89. The largest absolute Gasteiger partial charge is 0.467 e. The fraction of sp³-hybridized carbons (Fsp3) is 0.474. The van der Waals surface area contributed by atoms with Crippen molar-refractivity contribution in [2.45, 2.75) is 31.8 Å². The second-order valence-electron chi connectivity index (χ2n) is 7.00. The van der Waals surface area contributed by atoms with Gasteiger partial charge in [-0.25, -0.2) is 4.79 Å². The van der Waals surface area contributed by atoms with E-state index >= 15 is 0 Å². The first-order valence-corrected chi connectivity index (χ1v) is 9.16. The van der Waals surface area contributed by atoms with Crippen LogP contribution in [0.5, 0.6) is 0 Å². The van der Waals surface area contributed by atoms with Crippen LogP contribution in [0.3, 0.4) is 0 Å². The molecule has 1 saturated carbocycles. The Kier molecular flexibility index (Phi) is 4.18. The lowest BCUT2D eigenvalue weighted by Crippen LogP contribution is -2.39. The maximum absolute atomic E-state index is 12.5. The monoisotopic (exact) mass is 380 g/mol. The topological polar surface area (TPSA) is 52.6 Å². The van der Waals surface area contributed by atoms with Crippen LogP contribution < -0.4 is 0 Å². The summed E-state index contributed by atoms with van der Waals surface area (Å²) in [6.45, 7) is -0.130. The van der Waals surface area contributed by atoms with E-state index in [4.69, 9.17) is 32.7 Å². The van der Waals surface area contributed by atoms with Crippen molar-refractivity contribution in [3.63, 3.8) is 0 Å². The molecule has 0 heterocycles. The lowest BCUT2D eigenvalue weighted by molar-refractivity contribution is -0.151. The zero-order valence-electron chi connectivity index (χ0n) is 13.8. The molecule has 0 N–H and O–H groups in total. The Morgan fingerprint density at radius 1 is 1.36 bits per heavy atom. The van der Waals surface area contributed by atoms with Crippen molar-refractivity contribution in [2.75, 3.05) is 13.7 Å². The van der Waals surface area contributed by atoms with E-state index in [1.165, 1.54) is 7.11 Å². The first-order valence-electron chi connectivity index (χ1n) is 8.40. The van der Waals surface area contributed by atoms with Crippen molar-refractivity contribution in [3.8, 4) is 0 Å². The van der Waals surface area contributed by atoms with E-state index in [0.717, 1.165) is 42.4 Å². The Labute approximate surface area is 156 Å². The number of fused-ring (bicyclic) bond motifs is 3. The minimum Gasteiger partial charge on any atom is -0.467 e. The highest BCUT2D eigenvalue weighted by Crippen LogP contribution is 2.66. The predicted octanol–water partition coefficient (Wildman–Crippen LogP) is 4.38. The zero-order valence-corrected chi connectivity index (χ0v) is 15.3. The predicted molar refractivity (Wildman–Crippen MR) is 94.5 cm³/mol. The number of allylic oxidation sites excluding steroid dienone is 1. The van der Waals surface area contributed by atoms with Gasteiger partial charge in [-0.3, -0.25) is 4.79 Å². The molecule has 0 aliphatic heterocycles. The van der Waals surface area contributed by atoms with Gasteiger partial charge in [0.25, 0.3) is 0 Å². The normalized spacial score (nSPS) is 29.7. The molecule has 4 rings (SSSR count). The Hall–Kier alpha value is -1.36. The van der Waals surface area contributed by atoms with Crippen LogP contribution in [0.15, 0.2) is 18.2 Å². The molecule has 0 radical (unpaired) electrons. The van der Waals surface area contributed by atoms with Gasteiger partial charge in [0.2, 0.25) is 0 Å². The van der Waals surface area contributed by atoms with Crippen molar-refractivity contribution in [3.05, 3.63) is 39.4 Å². The van der Waals surface area contributed by atoms with Crippen molar-refractivity contribution < 1.29 is 19.1 Å². The number of hydrogen-bond acceptors (Lipinski definition) is 4. The van der Waals surface area contributed by atoms with Crippen LogP contribution in [0.4, 0.5) is 0 Å². The third-order valence-electron chi connectivity index (χ3n) is 5.79. The molecule has 0 aromatic heterocycles. The molecule has 6 heteroatoms. The van der Waals surface area contributed by atoms with E-state index in [1.54, 1.807) is 12.1 Å². The lowest BCUT2D eigenvalue weighted by Gasteiger charge is -2.45. The minimum atomic E-state index is -0.422. The standard InChI is InChI=1S/C19H18Cl2O4/c1-24-15(23)9-25-18-11-4-5-13(20)17(21)16(11)12-7-14(22)10-3-2-6-19(12,18)8-10/h4-5,7,10,18H,2-3,6,8-9H2,1H3. The number of carbonyl (C=O) groups excluding carboxylic acids is 2. The summed E-state index contributed by atoms with van der Waals surface area (Å²) in [5.74, 6) is -0.249. The number of rotatable bonds is 3. The van der Waals surface area contributed by atoms with Crippen LogP contribution in [0.1, 0.15) is 42.9 Å². The van der Waals surface area contributed by atoms with Gasteiger partial charge < -0.3 is 9.47 Å². The number of ketones is 1. The third kappa shape index (κ3) is 2.46. The number of esters is 1. The van der Waals surface area contributed by atoms with Gasteiger partial charge >= 0.3 is 5.97 Å². The van der Waals surface area contributed by atoms with Gasteiger partial charge in [-0.1, -0.05) is 35.7 Å². The van der Waals surface area contributed by atoms with Gasteiger partial charge in [0.05, 0.1) is 23.3 Å². The molecule has 1 aromatic carbocycles. The number of halogens is 2. The van der Waals surface area contributed by atoms with E-state index < -0.39 is 5.97 Å². The van der Waals surface area contributed by atoms with E-state index in [9.17, 15) is 9.59 Å². The molecule has 3 unspecified atom stereocenters. The third-order valence-corrected chi connectivity index (χ3v) is 6.59. The van der Waals surface area contributed by atoms with Crippen LogP contribution in [0.2, 0.25) is 10.0 Å². The molecule has 3 aliphatic rings. The number of carbonyl (C=O) groups is 2. The van der Waals surface area contributed by atoms with Crippen molar-refractivity contribution in [2.24, 2.45) is 11.3 Å². The van der Waals surface area contributed by atoms with Gasteiger partial charge in [0, 0.05) is 16.9 Å². The van der Waals surface area contributed by atoms with Crippen LogP contribution in [0, 0.1) is 11.3 Å². The van der Waals surface area contributed by atoms with Gasteiger partial charge in [0.1, 0.15) is 6.61 Å². The van der Waals surface area contributed by atoms with Crippen molar-refractivity contribution in [1.29, 1.82) is 0 Å². The van der Waals surface area contributed by atoms with E-state index in [2.05, 4.69) is 0 Å². The quantitative estimate of drug-likeness (QED) is 0.730. The van der Waals surface area contributed by atoms with Gasteiger partial charge in [0.15, 0.2) is 5.78 Å². The van der Waals surface area contributed by atoms with Crippen LogP contribution in [-0.2, 0) is 19.1 Å². The summed E-state index contributed by atoms with van der Waals surface area (Å²) >= 11 is 12.7. The Morgan fingerprint density at radius 3 is 2.92 bits per heavy atom. The van der Waals surface area contributed by atoms with E-state index in [1.807, 2.05) is 6.07 Å². The molecule has 25 heavy (non-hydrogen) atoms. The summed E-state index contributed by atoms with van der Waals surface area (Å²) in [5.41, 5.74) is 2.31. The number of ether oxygens (including phenoxy) is 2. The lowest BCUT2D eigenvalue weighted by atomic mass is 9.60. The van der Waals surface area contributed by atoms with Crippen molar-refractivity contribution >= 4 is 40.5 Å². The summed E-state index contributed by atoms with van der Waals surface area (Å²) in [6, 6.07) is 3.64. The van der Waals surface area contributed by atoms with Crippen LogP contribution in [-0.4, -0.2) is 25.5 Å². The Morgan fingerprint density at radius 2 is 2.16 bits per heavy atom. The highest BCUT2D eigenvalue weighted by atomic mass is 35.5. The summed E-state index contributed by atoms with van der Waals surface area (Å²) < 4.78 is 10.7. The molecule has 0 saturated heterocycles. The first-order chi connectivity index (χ1) is 12.0. The number of methoxy groups -OCH3 is 1. The molecule has 1 fully saturated rings. The first kappa shape index (κ1) is 17.1. The fourth-order valence-corrected chi connectivity index (χ4v) is 5.15. The molecule has 4 nitrogen and oxygen atoms in total. The Balaban J connectivity index is 1.86. The molecular weight excluding hydrogens is 363 g/mol. The average Bonchev–Trinajstić information content (AvgIpc) is 2.85. The minimum absolute atomic E-state index is 0.0188. The second-order valence-corrected chi connectivity index (χ2v) is 7.79. The second kappa shape index (κ2) is 6.11. The van der Waals surface area contributed by atoms with Crippen molar-refractivity contribution in [1.82, 2.24) is 0 Å². The molecule has 2 bridgehead atoms. The molecular formula is C19H18Cl2O4. The average molecular weight is 381 g/mol. The molecule has 132 valence electrons. The van der Waals surface area contributed by atoms with Gasteiger partial charge in [-0.15, -0.1) is 0 Å². The smallest absolute Gasteiger partial charge is 0.331 e. The SMILES string of the molecule is COC(=O)COC1c2ccc(Cl)c(Cl)c2C2=CC(=O)C3CCCC21C3. The van der Waals surface area contributed by atoms with E-state index in [0.29, 0.717) is 10.0 Å². The maximum atomic E-state index is 12.5. The van der Waals surface area contributed by atoms with Gasteiger partial charge in [-0.2, -0.15) is 0 Å². The molecule has 1 spiro atoms.